The summed E-state index contributed by atoms with van der Waals surface area (Å²) in [7, 11) is 0. The van der Waals surface area contributed by atoms with Crippen molar-refractivity contribution >= 4 is 11.9 Å². The van der Waals surface area contributed by atoms with Crippen molar-refractivity contribution in [1.29, 1.82) is 0 Å². The van der Waals surface area contributed by atoms with E-state index in [1.54, 1.807) is 0 Å². The molecule has 2 aliphatic heterocycles. The summed E-state index contributed by atoms with van der Waals surface area (Å²) in [6, 6.07) is 0. The van der Waals surface area contributed by atoms with Crippen LogP contribution in [0.25, 0.3) is 0 Å². The van der Waals surface area contributed by atoms with Gasteiger partial charge in [-0.15, -0.1) is 0 Å². The van der Waals surface area contributed by atoms with Gasteiger partial charge in [0.2, 0.25) is 0 Å². The minimum atomic E-state index is -0.238. The van der Waals surface area contributed by atoms with Crippen LogP contribution in [0.3, 0.4) is 0 Å². The van der Waals surface area contributed by atoms with E-state index in [2.05, 4.69) is 0 Å². The fourth-order valence-electron chi connectivity index (χ4n) is 1.90. The van der Waals surface area contributed by atoms with Crippen molar-refractivity contribution in [1.82, 2.24) is 0 Å². The maximum atomic E-state index is 11.0. The van der Waals surface area contributed by atoms with Gasteiger partial charge in [-0.25, -0.2) is 0 Å². The normalized spacial score (nSPS) is 39.0. The van der Waals surface area contributed by atoms with Gasteiger partial charge in [0.25, 0.3) is 0 Å². The van der Waals surface area contributed by atoms with Crippen molar-refractivity contribution < 1.29 is 19.1 Å². The van der Waals surface area contributed by atoms with Crippen LogP contribution >= 0.6 is 0 Å². The summed E-state index contributed by atoms with van der Waals surface area (Å²) < 4.78 is 9.90. The average molecular weight is 184 g/mol. The van der Waals surface area contributed by atoms with Crippen molar-refractivity contribution in [2.45, 2.75) is 38.4 Å². The second-order valence-corrected chi connectivity index (χ2v) is 3.59. The number of ether oxygens (including phenoxy) is 2. The molecule has 2 heterocycles. The summed E-state index contributed by atoms with van der Waals surface area (Å²) in [4.78, 5) is 22.0. The van der Waals surface area contributed by atoms with E-state index in [1.807, 2.05) is 6.92 Å². The van der Waals surface area contributed by atoms with Gasteiger partial charge in [0.1, 0.15) is 18.1 Å². The lowest BCUT2D eigenvalue weighted by molar-refractivity contribution is -0.200. The third-order valence-corrected chi connectivity index (χ3v) is 2.63. The van der Waals surface area contributed by atoms with E-state index < -0.39 is 0 Å². The van der Waals surface area contributed by atoms with Crippen LogP contribution in [-0.4, -0.2) is 24.1 Å². The molecular weight excluding hydrogens is 172 g/mol. The lowest BCUT2D eigenvalue weighted by Crippen LogP contribution is -2.52. The minimum Gasteiger partial charge on any atom is -0.461 e. The van der Waals surface area contributed by atoms with Crippen LogP contribution in [0.2, 0.25) is 0 Å². The van der Waals surface area contributed by atoms with Crippen molar-refractivity contribution in [3.05, 3.63) is 0 Å². The molecule has 0 saturated carbocycles. The van der Waals surface area contributed by atoms with Gasteiger partial charge in [-0.05, 0) is 19.8 Å². The molecule has 3 atom stereocenters. The van der Waals surface area contributed by atoms with E-state index in [4.69, 9.17) is 9.47 Å². The quantitative estimate of drug-likeness (QED) is 0.561. The van der Waals surface area contributed by atoms with E-state index in [0.29, 0.717) is 6.42 Å². The van der Waals surface area contributed by atoms with Crippen LogP contribution in [-0.2, 0) is 19.1 Å². The molecule has 0 aromatic heterocycles. The van der Waals surface area contributed by atoms with E-state index >= 15 is 0 Å². The van der Waals surface area contributed by atoms with E-state index in [9.17, 15) is 9.59 Å². The molecule has 2 saturated heterocycles. The first-order valence-corrected chi connectivity index (χ1v) is 4.58. The zero-order valence-corrected chi connectivity index (χ0v) is 7.49. The molecule has 13 heavy (non-hydrogen) atoms. The van der Waals surface area contributed by atoms with Crippen LogP contribution in [0.15, 0.2) is 0 Å². The Morgan fingerprint density at radius 1 is 1.31 bits per heavy atom. The first kappa shape index (κ1) is 8.53. The largest absolute Gasteiger partial charge is 0.461 e. The molecule has 0 radical (unpaired) electrons. The van der Waals surface area contributed by atoms with Crippen molar-refractivity contribution in [3.63, 3.8) is 0 Å². The Labute approximate surface area is 76.2 Å². The summed E-state index contributed by atoms with van der Waals surface area (Å²) in [5.74, 6) is -0.639. The Morgan fingerprint density at radius 2 is 2.08 bits per heavy atom. The second-order valence-electron chi connectivity index (χ2n) is 3.59. The Balaban J connectivity index is 1.99. The molecule has 0 N–H and O–H groups in total. The number of hydrogen-bond donors (Lipinski definition) is 0. The summed E-state index contributed by atoms with van der Waals surface area (Å²) >= 11 is 0. The van der Waals surface area contributed by atoms with Gasteiger partial charge in [0, 0.05) is 6.42 Å². The van der Waals surface area contributed by atoms with Gasteiger partial charge >= 0.3 is 11.9 Å². The third kappa shape index (κ3) is 1.41. The maximum Gasteiger partial charge on any atom is 0.316 e. The standard InChI is InChI=1S/C9H12O4/c1-5-8(9(11)12-5)6-3-2-4-7(10)13-6/h5-6,8H,2-4H2,1H3. The number of carbonyl (C=O) groups is 2. The van der Waals surface area contributed by atoms with Crippen LogP contribution in [0, 0.1) is 5.92 Å². The van der Waals surface area contributed by atoms with Crippen LogP contribution in [0.1, 0.15) is 26.2 Å². The molecular formula is C9H12O4. The van der Waals surface area contributed by atoms with Gasteiger partial charge in [-0.3, -0.25) is 9.59 Å². The molecule has 0 aromatic carbocycles. The van der Waals surface area contributed by atoms with E-state index in [1.165, 1.54) is 0 Å². The Morgan fingerprint density at radius 3 is 2.62 bits per heavy atom. The molecule has 0 bridgehead atoms. The zero-order valence-electron chi connectivity index (χ0n) is 7.49. The van der Waals surface area contributed by atoms with Crippen LogP contribution in [0.4, 0.5) is 0 Å². The summed E-state index contributed by atoms with van der Waals surface area (Å²) in [6.07, 6.45) is 1.75. The average Bonchev–Trinajstić information content (AvgIpc) is 2.03. The molecule has 2 fully saturated rings. The minimum absolute atomic E-state index is 0.0941. The highest BCUT2D eigenvalue weighted by atomic mass is 16.6. The third-order valence-electron chi connectivity index (χ3n) is 2.63. The number of carbonyl (C=O) groups excluding carboxylic acids is 2. The number of esters is 2. The second kappa shape index (κ2) is 3.01. The first-order chi connectivity index (χ1) is 6.18. The molecule has 2 aliphatic rings. The number of cyclic esters (lactones) is 2. The molecule has 0 aliphatic carbocycles. The van der Waals surface area contributed by atoms with Crippen LogP contribution in [0.5, 0.6) is 0 Å². The van der Waals surface area contributed by atoms with Gasteiger partial charge in [0.05, 0.1) is 0 Å². The molecule has 4 nitrogen and oxygen atoms in total. The summed E-state index contributed by atoms with van der Waals surface area (Å²) in [5, 5.41) is 0. The predicted octanol–water partition coefficient (Wildman–Crippen LogP) is 0.644. The monoisotopic (exact) mass is 184 g/mol. The SMILES string of the molecule is CC1OC(=O)C1C1CCCC(=O)O1. The van der Waals surface area contributed by atoms with Gasteiger partial charge in [-0.2, -0.15) is 0 Å². The number of rotatable bonds is 1. The molecule has 0 amide bonds. The first-order valence-electron chi connectivity index (χ1n) is 4.58. The molecule has 0 aromatic rings. The van der Waals surface area contributed by atoms with Crippen LogP contribution < -0.4 is 0 Å². The fourth-order valence-corrected chi connectivity index (χ4v) is 1.90. The topological polar surface area (TPSA) is 52.6 Å². The zero-order chi connectivity index (χ0) is 9.42. The van der Waals surface area contributed by atoms with Gasteiger partial charge in [-0.1, -0.05) is 0 Å². The lowest BCUT2D eigenvalue weighted by Gasteiger charge is -2.38. The van der Waals surface area contributed by atoms with Gasteiger partial charge < -0.3 is 9.47 Å². The Bertz CT molecular complexity index is 248. The molecule has 4 heteroatoms. The van der Waals surface area contributed by atoms with Crippen molar-refractivity contribution in [2.75, 3.05) is 0 Å². The van der Waals surface area contributed by atoms with Crippen molar-refractivity contribution in [3.8, 4) is 0 Å². The van der Waals surface area contributed by atoms with E-state index in [0.717, 1.165) is 12.8 Å². The highest BCUT2D eigenvalue weighted by Gasteiger charge is 2.47. The highest BCUT2D eigenvalue weighted by Crippen LogP contribution is 2.31. The molecule has 3 unspecified atom stereocenters. The smallest absolute Gasteiger partial charge is 0.316 e. The molecule has 0 spiro atoms. The van der Waals surface area contributed by atoms with E-state index in [-0.39, 0.29) is 30.1 Å². The highest BCUT2D eigenvalue weighted by molar-refractivity contribution is 5.80. The summed E-state index contributed by atoms with van der Waals surface area (Å²) in [5.41, 5.74) is 0. The van der Waals surface area contributed by atoms with Gasteiger partial charge in [0.15, 0.2) is 0 Å². The Hall–Kier alpha value is -1.06. The van der Waals surface area contributed by atoms with Crippen molar-refractivity contribution in [2.24, 2.45) is 5.92 Å². The molecule has 72 valence electrons. The Kier molecular flexibility index (Phi) is 1.98. The predicted molar refractivity (Wildman–Crippen MR) is 42.8 cm³/mol. The summed E-state index contributed by atoms with van der Waals surface area (Å²) in [6.45, 7) is 1.83. The number of hydrogen-bond acceptors (Lipinski definition) is 4. The lowest BCUT2D eigenvalue weighted by atomic mass is 9.88. The maximum absolute atomic E-state index is 11.0. The fraction of sp³-hybridized carbons (Fsp3) is 0.778. The molecule has 2 rings (SSSR count).